The lowest BCUT2D eigenvalue weighted by Crippen LogP contribution is -2.05. The highest BCUT2D eigenvalue weighted by atomic mass is 32.2. The monoisotopic (exact) mass is 451 g/mol. The average Bonchev–Trinajstić information content (AvgIpc) is 2.80. The number of hydrogen-bond acceptors (Lipinski definition) is 7. The maximum atomic E-state index is 13.4. The lowest BCUT2D eigenvalue weighted by molar-refractivity contribution is 0.102. The number of phenols is 2. The Balaban J connectivity index is 1.64. The Kier molecular flexibility index (Phi) is 6.09. The Bertz CT molecular complexity index is 1280. The number of aromatic hydroxyl groups is 2. The molecule has 0 fully saturated rings. The zero-order valence-corrected chi connectivity index (χ0v) is 17.2. The van der Waals surface area contributed by atoms with Crippen LogP contribution in [0, 0.1) is 11.6 Å². The third-order valence-electron chi connectivity index (χ3n) is 4.52. The largest absolute Gasteiger partial charge is 0.508 e. The summed E-state index contributed by atoms with van der Waals surface area (Å²) in [6, 6.07) is 15.7. The molecule has 0 aliphatic heterocycles. The summed E-state index contributed by atoms with van der Waals surface area (Å²) in [5, 5.41) is 27.7. The first-order valence-corrected chi connectivity index (χ1v) is 10.3. The quantitative estimate of drug-likeness (QED) is 0.319. The van der Waals surface area contributed by atoms with Gasteiger partial charge in [0.25, 0.3) is 0 Å². The number of carbonyl (C=O) groups is 1. The van der Waals surface area contributed by atoms with Crippen molar-refractivity contribution < 1.29 is 23.8 Å². The van der Waals surface area contributed by atoms with Gasteiger partial charge in [-0.15, -0.1) is 10.2 Å². The number of Topliss-reactive ketones (excluding diaryl/α,β-unsaturated/α-hetero) is 1. The number of nitrogens with zero attached hydrogens (tertiary/aromatic N) is 3. The smallest absolute Gasteiger partial charge is 0.210 e. The second-order valence-corrected chi connectivity index (χ2v) is 7.67. The number of aromatic nitrogens is 3. The molecule has 0 amide bonds. The fourth-order valence-corrected chi connectivity index (χ4v) is 3.57. The summed E-state index contributed by atoms with van der Waals surface area (Å²) in [4.78, 5) is 16.9. The number of benzene rings is 3. The highest BCUT2D eigenvalue weighted by Crippen LogP contribution is 2.31. The highest BCUT2D eigenvalue weighted by molar-refractivity contribution is 7.99. The van der Waals surface area contributed by atoms with Crippen LogP contribution in [0.4, 0.5) is 8.78 Å². The van der Waals surface area contributed by atoms with Crippen LogP contribution in [0.5, 0.6) is 11.5 Å². The molecule has 0 saturated carbocycles. The molecule has 0 aliphatic carbocycles. The number of phenolic OH excluding ortho intramolecular Hbond substituents is 2. The van der Waals surface area contributed by atoms with Gasteiger partial charge in [0.05, 0.1) is 5.75 Å². The van der Waals surface area contributed by atoms with Crippen LogP contribution in [0.1, 0.15) is 10.4 Å². The van der Waals surface area contributed by atoms with Crippen molar-refractivity contribution in [1.29, 1.82) is 0 Å². The van der Waals surface area contributed by atoms with Crippen molar-refractivity contribution in [3.05, 3.63) is 83.9 Å². The Morgan fingerprint density at radius 3 is 1.97 bits per heavy atom. The Morgan fingerprint density at radius 1 is 0.781 bits per heavy atom. The molecule has 160 valence electrons. The minimum Gasteiger partial charge on any atom is -0.508 e. The van der Waals surface area contributed by atoms with Crippen molar-refractivity contribution >= 4 is 17.5 Å². The molecule has 32 heavy (non-hydrogen) atoms. The van der Waals surface area contributed by atoms with Crippen LogP contribution in [0.2, 0.25) is 0 Å². The Morgan fingerprint density at radius 2 is 1.38 bits per heavy atom. The third kappa shape index (κ3) is 4.73. The molecule has 0 bridgehead atoms. The molecule has 0 spiro atoms. The summed E-state index contributed by atoms with van der Waals surface area (Å²) in [5.74, 6) is -2.43. The molecule has 9 heteroatoms. The van der Waals surface area contributed by atoms with Gasteiger partial charge in [0.1, 0.15) is 22.9 Å². The molecule has 1 heterocycles. The molecule has 4 aromatic rings. The maximum Gasteiger partial charge on any atom is 0.210 e. The van der Waals surface area contributed by atoms with Crippen LogP contribution in [0.15, 0.2) is 71.9 Å². The molecule has 2 N–H and O–H groups in total. The fourth-order valence-electron chi connectivity index (χ4n) is 2.89. The summed E-state index contributed by atoms with van der Waals surface area (Å²) in [6.45, 7) is 0. The predicted octanol–water partition coefficient (Wildman–Crippen LogP) is 4.87. The van der Waals surface area contributed by atoms with E-state index in [1.807, 2.05) is 0 Å². The highest BCUT2D eigenvalue weighted by Gasteiger charge is 2.16. The fraction of sp³-hybridized carbons (Fsp3) is 0.0435. The standard InChI is InChI=1S/C23H15F2N3O3S/c24-18-10-5-15(11-19(18)25)20(31)12-32-23-26-21(13-1-6-16(29)7-2-13)22(27-28-23)14-3-8-17(30)9-4-14/h1-11,29-30H,12H2. The van der Waals surface area contributed by atoms with Crippen molar-refractivity contribution in [3.63, 3.8) is 0 Å². The molecule has 6 nitrogen and oxygen atoms in total. The zero-order chi connectivity index (χ0) is 22.7. The van der Waals surface area contributed by atoms with Gasteiger partial charge < -0.3 is 10.2 Å². The van der Waals surface area contributed by atoms with Crippen LogP contribution in [0.25, 0.3) is 22.5 Å². The summed E-state index contributed by atoms with van der Waals surface area (Å²) in [5.41, 5.74) is 2.29. The van der Waals surface area contributed by atoms with Gasteiger partial charge in [0, 0.05) is 16.7 Å². The van der Waals surface area contributed by atoms with Crippen LogP contribution < -0.4 is 0 Å². The van der Waals surface area contributed by atoms with Crippen molar-refractivity contribution in [2.45, 2.75) is 5.16 Å². The number of ketones is 1. The van der Waals surface area contributed by atoms with Gasteiger partial charge in [0.15, 0.2) is 17.4 Å². The predicted molar refractivity (Wildman–Crippen MR) is 115 cm³/mol. The van der Waals surface area contributed by atoms with Gasteiger partial charge in [-0.3, -0.25) is 4.79 Å². The van der Waals surface area contributed by atoms with E-state index in [1.54, 1.807) is 24.3 Å². The minimum absolute atomic E-state index is 0.0452. The van der Waals surface area contributed by atoms with E-state index in [9.17, 15) is 23.8 Å². The van der Waals surface area contributed by atoms with E-state index < -0.39 is 17.4 Å². The number of rotatable bonds is 6. The number of thioether (sulfide) groups is 1. The van der Waals surface area contributed by atoms with E-state index in [-0.39, 0.29) is 28.0 Å². The first kappa shape index (κ1) is 21.4. The maximum absolute atomic E-state index is 13.4. The van der Waals surface area contributed by atoms with E-state index in [2.05, 4.69) is 15.2 Å². The molecule has 1 aromatic heterocycles. The normalized spacial score (nSPS) is 10.8. The van der Waals surface area contributed by atoms with E-state index in [1.165, 1.54) is 30.3 Å². The van der Waals surface area contributed by atoms with Crippen LogP contribution in [0.3, 0.4) is 0 Å². The van der Waals surface area contributed by atoms with Crippen LogP contribution >= 0.6 is 11.8 Å². The summed E-state index contributed by atoms with van der Waals surface area (Å²) >= 11 is 1.01. The number of hydrogen-bond donors (Lipinski definition) is 2. The molecule has 0 aliphatic rings. The van der Waals surface area contributed by atoms with Crippen molar-refractivity contribution in [3.8, 4) is 34.0 Å². The number of carbonyl (C=O) groups excluding carboxylic acids is 1. The Hall–Kier alpha value is -3.85. The van der Waals surface area contributed by atoms with E-state index in [0.717, 1.165) is 23.9 Å². The van der Waals surface area contributed by atoms with Crippen molar-refractivity contribution in [1.82, 2.24) is 15.2 Å². The summed E-state index contributed by atoms with van der Waals surface area (Å²) in [7, 11) is 0. The summed E-state index contributed by atoms with van der Waals surface area (Å²) < 4.78 is 26.5. The first-order chi connectivity index (χ1) is 15.4. The van der Waals surface area contributed by atoms with E-state index in [0.29, 0.717) is 22.5 Å². The second-order valence-electron chi connectivity index (χ2n) is 6.73. The van der Waals surface area contributed by atoms with Crippen molar-refractivity contribution in [2.24, 2.45) is 0 Å². The van der Waals surface area contributed by atoms with Gasteiger partial charge in [-0.2, -0.15) is 0 Å². The van der Waals surface area contributed by atoms with Gasteiger partial charge in [-0.1, -0.05) is 11.8 Å². The van der Waals surface area contributed by atoms with E-state index >= 15 is 0 Å². The zero-order valence-electron chi connectivity index (χ0n) is 16.4. The minimum atomic E-state index is -1.09. The molecular weight excluding hydrogens is 436 g/mol. The molecule has 0 saturated heterocycles. The summed E-state index contributed by atoms with van der Waals surface area (Å²) in [6.07, 6.45) is 0. The van der Waals surface area contributed by atoms with Crippen LogP contribution in [-0.4, -0.2) is 36.9 Å². The second kappa shape index (κ2) is 9.11. The molecule has 0 unspecified atom stereocenters. The lowest BCUT2D eigenvalue weighted by Gasteiger charge is -2.10. The van der Waals surface area contributed by atoms with Gasteiger partial charge in [-0.25, -0.2) is 13.8 Å². The Labute approximate surface area is 185 Å². The first-order valence-electron chi connectivity index (χ1n) is 9.35. The average molecular weight is 451 g/mol. The van der Waals surface area contributed by atoms with Crippen molar-refractivity contribution in [2.75, 3.05) is 5.75 Å². The lowest BCUT2D eigenvalue weighted by atomic mass is 10.0. The molecule has 0 atom stereocenters. The SMILES string of the molecule is O=C(CSc1nnc(-c2ccc(O)cc2)c(-c2ccc(O)cc2)n1)c1ccc(F)c(F)c1. The molecule has 0 radical (unpaired) electrons. The van der Waals surface area contributed by atoms with E-state index in [4.69, 9.17) is 0 Å². The van der Waals surface area contributed by atoms with Gasteiger partial charge >= 0.3 is 0 Å². The van der Waals surface area contributed by atoms with Gasteiger partial charge in [-0.05, 0) is 66.7 Å². The third-order valence-corrected chi connectivity index (χ3v) is 5.36. The molecule has 4 rings (SSSR count). The van der Waals surface area contributed by atoms with Crippen LogP contribution in [-0.2, 0) is 0 Å². The number of halogens is 2. The topological polar surface area (TPSA) is 96.2 Å². The molecule has 3 aromatic carbocycles. The van der Waals surface area contributed by atoms with Gasteiger partial charge in [0.2, 0.25) is 5.16 Å². The molecular formula is C23H15F2N3O3S.